The van der Waals surface area contributed by atoms with Crippen LogP contribution in [-0.4, -0.2) is 54.8 Å². The van der Waals surface area contributed by atoms with Gasteiger partial charge in [0.25, 0.3) is 0 Å². The maximum atomic E-state index is 12.0. The van der Waals surface area contributed by atoms with Crippen molar-refractivity contribution in [3.8, 4) is 12.1 Å². The summed E-state index contributed by atoms with van der Waals surface area (Å²) in [4.78, 5) is 25.4. The van der Waals surface area contributed by atoms with Crippen LogP contribution in [0.25, 0.3) is 0 Å². The van der Waals surface area contributed by atoms with Crippen molar-refractivity contribution < 1.29 is 19.1 Å². The second-order valence-corrected chi connectivity index (χ2v) is 7.04. The van der Waals surface area contributed by atoms with Gasteiger partial charge in [0.05, 0.1) is 6.61 Å². The van der Waals surface area contributed by atoms with Gasteiger partial charge in [-0.15, -0.1) is 0 Å². The Balaban J connectivity index is 2.83. The third kappa shape index (κ3) is 7.87. The number of esters is 1. The number of piperidine rings is 1. The molecule has 0 aliphatic carbocycles. The van der Waals surface area contributed by atoms with Crippen molar-refractivity contribution in [2.24, 2.45) is 0 Å². The Morgan fingerprint density at radius 3 is 2.48 bits per heavy atom. The summed E-state index contributed by atoms with van der Waals surface area (Å²) in [7, 11) is 0. The number of carbonyl (C=O) groups excluding carboxylic acids is 2. The standard InChI is InChI=1S/C18H27N5O4/c1-5-26-15(24)11-21-16(13(9-19)10-20)23-8-6-7-14(12-23)22-17(25)27-18(2,3)4/h14,21H,5-8,11-12H2,1-4H3,(H,22,25)/t14-/m1/s1. The highest BCUT2D eigenvalue weighted by Gasteiger charge is 2.27. The van der Waals surface area contributed by atoms with E-state index in [9.17, 15) is 20.1 Å². The molecule has 1 heterocycles. The van der Waals surface area contributed by atoms with Gasteiger partial charge in [0.1, 0.15) is 30.1 Å². The molecule has 1 atom stereocenters. The molecule has 9 nitrogen and oxygen atoms in total. The zero-order valence-electron chi connectivity index (χ0n) is 16.3. The minimum Gasteiger partial charge on any atom is -0.465 e. The highest BCUT2D eigenvalue weighted by atomic mass is 16.6. The quantitative estimate of drug-likeness (QED) is 0.525. The van der Waals surface area contributed by atoms with Crippen molar-refractivity contribution in [1.29, 1.82) is 10.5 Å². The molecule has 1 saturated heterocycles. The second-order valence-electron chi connectivity index (χ2n) is 7.04. The van der Waals surface area contributed by atoms with Crippen LogP contribution in [0, 0.1) is 22.7 Å². The molecule has 1 rings (SSSR count). The molecule has 1 fully saturated rings. The van der Waals surface area contributed by atoms with Crippen molar-refractivity contribution in [2.45, 2.75) is 52.2 Å². The number of carbonyl (C=O) groups is 2. The topological polar surface area (TPSA) is 127 Å². The summed E-state index contributed by atoms with van der Waals surface area (Å²) in [5.74, 6) is -0.214. The summed E-state index contributed by atoms with van der Waals surface area (Å²) in [5.41, 5.74) is -0.725. The van der Waals surface area contributed by atoms with Crippen LogP contribution < -0.4 is 10.6 Å². The third-order valence-electron chi connectivity index (χ3n) is 3.62. The highest BCUT2D eigenvalue weighted by Crippen LogP contribution is 2.17. The van der Waals surface area contributed by atoms with Gasteiger partial charge in [-0.1, -0.05) is 0 Å². The Bertz CT molecular complexity index is 638. The summed E-state index contributed by atoms with van der Waals surface area (Å²) in [5, 5.41) is 24.1. The van der Waals surface area contributed by atoms with Gasteiger partial charge in [0.15, 0.2) is 5.57 Å². The number of likely N-dealkylation sites (tertiary alicyclic amines) is 1. The van der Waals surface area contributed by atoms with E-state index in [0.29, 0.717) is 13.1 Å². The van der Waals surface area contributed by atoms with Gasteiger partial charge in [0, 0.05) is 19.1 Å². The first kappa shape index (κ1) is 22.1. The zero-order chi connectivity index (χ0) is 20.4. The Kier molecular flexibility index (Phi) is 8.40. The Labute approximate surface area is 159 Å². The summed E-state index contributed by atoms with van der Waals surface area (Å²) < 4.78 is 10.1. The van der Waals surface area contributed by atoms with Crippen LogP contribution in [-0.2, 0) is 14.3 Å². The fraction of sp³-hybridized carbons (Fsp3) is 0.667. The molecule has 2 N–H and O–H groups in total. The number of nitrogens with zero attached hydrogens (tertiary/aromatic N) is 3. The van der Waals surface area contributed by atoms with E-state index in [1.54, 1.807) is 32.6 Å². The smallest absolute Gasteiger partial charge is 0.407 e. The molecule has 0 aromatic rings. The molecule has 9 heteroatoms. The average Bonchev–Trinajstić information content (AvgIpc) is 2.57. The second kappa shape index (κ2) is 10.3. The van der Waals surface area contributed by atoms with Crippen molar-refractivity contribution in [2.75, 3.05) is 26.2 Å². The molecular weight excluding hydrogens is 350 g/mol. The summed E-state index contributed by atoms with van der Waals surface area (Å²) in [6.07, 6.45) is 0.977. The number of alkyl carbamates (subject to hydrolysis) is 1. The minimum absolute atomic E-state index is 0.128. The monoisotopic (exact) mass is 377 g/mol. The molecule has 0 saturated carbocycles. The Morgan fingerprint density at radius 1 is 1.26 bits per heavy atom. The fourth-order valence-corrected chi connectivity index (χ4v) is 2.63. The van der Waals surface area contributed by atoms with Gasteiger partial charge >= 0.3 is 12.1 Å². The van der Waals surface area contributed by atoms with Crippen molar-refractivity contribution >= 4 is 12.1 Å². The van der Waals surface area contributed by atoms with Crippen LogP contribution in [0.5, 0.6) is 0 Å². The highest BCUT2D eigenvalue weighted by molar-refractivity contribution is 5.72. The van der Waals surface area contributed by atoms with E-state index in [0.717, 1.165) is 12.8 Å². The molecule has 1 amide bonds. The summed E-state index contributed by atoms with van der Waals surface area (Å²) in [6.45, 7) is 8.11. The number of hydrogen-bond acceptors (Lipinski definition) is 8. The molecule has 0 spiro atoms. The van der Waals surface area contributed by atoms with Gasteiger partial charge < -0.3 is 25.0 Å². The molecule has 0 aromatic heterocycles. The van der Waals surface area contributed by atoms with E-state index in [1.807, 2.05) is 12.1 Å². The van der Waals surface area contributed by atoms with Gasteiger partial charge in [-0.25, -0.2) is 4.79 Å². The number of rotatable bonds is 6. The van der Waals surface area contributed by atoms with Gasteiger partial charge in [-0.3, -0.25) is 4.79 Å². The third-order valence-corrected chi connectivity index (χ3v) is 3.62. The number of nitrogens with one attached hydrogen (secondary N) is 2. The molecule has 0 aromatic carbocycles. The van der Waals surface area contributed by atoms with Crippen molar-refractivity contribution in [3.05, 3.63) is 11.4 Å². The first-order valence-electron chi connectivity index (χ1n) is 8.88. The van der Waals surface area contributed by atoms with Gasteiger partial charge in [-0.05, 0) is 40.5 Å². The first-order chi connectivity index (χ1) is 12.7. The predicted octanol–water partition coefficient (Wildman–Crippen LogP) is 1.39. The normalized spacial score (nSPS) is 16.4. The van der Waals surface area contributed by atoms with E-state index >= 15 is 0 Å². The van der Waals surface area contributed by atoms with Crippen LogP contribution >= 0.6 is 0 Å². The molecule has 1 aliphatic rings. The number of hydrogen-bond donors (Lipinski definition) is 2. The molecular formula is C18H27N5O4. The fourth-order valence-electron chi connectivity index (χ4n) is 2.63. The molecule has 0 unspecified atom stereocenters. The van der Waals surface area contributed by atoms with Gasteiger partial charge in [-0.2, -0.15) is 10.5 Å². The number of nitriles is 2. The zero-order valence-corrected chi connectivity index (χ0v) is 16.3. The van der Waals surface area contributed by atoms with Crippen LogP contribution in [0.1, 0.15) is 40.5 Å². The van der Waals surface area contributed by atoms with E-state index < -0.39 is 17.7 Å². The number of amides is 1. The van der Waals surface area contributed by atoms with E-state index in [4.69, 9.17) is 9.47 Å². The van der Waals surface area contributed by atoms with Crippen LogP contribution in [0.3, 0.4) is 0 Å². The largest absolute Gasteiger partial charge is 0.465 e. The molecule has 1 aliphatic heterocycles. The lowest BCUT2D eigenvalue weighted by atomic mass is 10.1. The Hall–Kier alpha value is -2.94. The molecule has 148 valence electrons. The van der Waals surface area contributed by atoms with Crippen molar-refractivity contribution in [1.82, 2.24) is 15.5 Å². The van der Waals surface area contributed by atoms with Crippen LogP contribution in [0.4, 0.5) is 4.79 Å². The molecule has 0 bridgehead atoms. The Morgan fingerprint density at radius 2 is 1.93 bits per heavy atom. The van der Waals surface area contributed by atoms with E-state index in [-0.39, 0.29) is 30.6 Å². The van der Waals surface area contributed by atoms with Crippen LogP contribution in [0.2, 0.25) is 0 Å². The molecule has 0 radical (unpaired) electrons. The maximum absolute atomic E-state index is 12.0. The molecule has 27 heavy (non-hydrogen) atoms. The minimum atomic E-state index is -0.598. The summed E-state index contributed by atoms with van der Waals surface area (Å²) >= 11 is 0. The lowest BCUT2D eigenvalue weighted by Crippen LogP contribution is -2.50. The van der Waals surface area contributed by atoms with Crippen LogP contribution in [0.15, 0.2) is 11.4 Å². The average molecular weight is 377 g/mol. The van der Waals surface area contributed by atoms with Gasteiger partial charge in [0.2, 0.25) is 0 Å². The lowest BCUT2D eigenvalue weighted by molar-refractivity contribution is -0.141. The van der Waals surface area contributed by atoms with Crippen molar-refractivity contribution in [3.63, 3.8) is 0 Å². The SMILES string of the molecule is CCOC(=O)CNC(=C(C#N)C#N)N1CCC[C@@H](NC(=O)OC(C)(C)C)C1. The predicted molar refractivity (Wildman–Crippen MR) is 96.9 cm³/mol. The number of allylic oxidation sites excluding steroid dienone is 1. The first-order valence-corrected chi connectivity index (χ1v) is 8.88. The summed E-state index contributed by atoms with van der Waals surface area (Å²) in [6, 6.07) is 3.48. The van der Waals surface area contributed by atoms with E-state index in [1.165, 1.54) is 0 Å². The maximum Gasteiger partial charge on any atom is 0.407 e. The number of ether oxygens (including phenoxy) is 2. The van der Waals surface area contributed by atoms with E-state index in [2.05, 4.69) is 10.6 Å². The lowest BCUT2D eigenvalue weighted by Gasteiger charge is -2.36.